The second-order valence-corrected chi connectivity index (χ2v) is 8.59. The minimum atomic E-state index is -3.27. The van der Waals surface area contributed by atoms with Gasteiger partial charge in [0.25, 0.3) is 0 Å². The van der Waals surface area contributed by atoms with E-state index in [0.29, 0.717) is 10.6 Å². The highest BCUT2D eigenvalue weighted by molar-refractivity contribution is 7.91. The molecule has 0 fully saturated rings. The number of aromatic nitrogens is 3. The summed E-state index contributed by atoms with van der Waals surface area (Å²) in [6.45, 7) is 9.14. The molecular formula is C10H19N3O2S2. The molecular weight excluding hydrogens is 258 g/mol. The van der Waals surface area contributed by atoms with Crippen LogP contribution in [0, 0.1) is 4.77 Å². The quantitative estimate of drug-likeness (QED) is 0.839. The fourth-order valence-corrected chi connectivity index (χ4v) is 2.36. The predicted octanol–water partition coefficient (Wildman–Crippen LogP) is 1.98. The lowest BCUT2D eigenvalue weighted by molar-refractivity contribution is 0.364. The molecule has 1 rings (SSSR count). The molecule has 0 saturated heterocycles. The van der Waals surface area contributed by atoms with Gasteiger partial charge in [-0.15, -0.1) is 0 Å². The Hall–Kier alpha value is -0.690. The van der Waals surface area contributed by atoms with E-state index < -0.39 is 14.6 Å². The van der Waals surface area contributed by atoms with Crippen LogP contribution in [0.15, 0.2) is 0 Å². The van der Waals surface area contributed by atoms with E-state index in [2.05, 4.69) is 10.2 Å². The van der Waals surface area contributed by atoms with Gasteiger partial charge in [-0.05, 0) is 46.8 Å². The Morgan fingerprint density at radius 3 is 2.06 bits per heavy atom. The second kappa shape index (κ2) is 3.91. The maximum Gasteiger partial charge on any atom is 0.195 e. The Bertz CT molecular complexity index is 573. The van der Waals surface area contributed by atoms with Gasteiger partial charge >= 0.3 is 0 Å². The van der Waals surface area contributed by atoms with Crippen molar-refractivity contribution in [3.63, 3.8) is 0 Å². The lowest BCUT2D eigenvalue weighted by Gasteiger charge is -2.29. The topological polar surface area (TPSA) is 67.8 Å². The maximum atomic E-state index is 11.8. The molecule has 0 unspecified atom stereocenters. The molecule has 0 saturated carbocycles. The minimum absolute atomic E-state index is 0.318. The van der Waals surface area contributed by atoms with E-state index >= 15 is 0 Å². The van der Waals surface area contributed by atoms with Crippen LogP contribution >= 0.6 is 12.2 Å². The third-order valence-electron chi connectivity index (χ3n) is 2.81. The normalized spacial score (nSPS) is 14.0. The van der Waals surface area contributed by atoms with Crippen LogP contribution in [-0.4, -0.2) is 29.4 Å². The van der Waals surface area contributed by atoms with Gasteiger partial charge in [-0.3, -0.25) is 9.67 Å². The first-order valence-corrected chi connectivity index (χ1v) is 7.57. The molecule has 0 aromatic carbocycles. The number of nitrogens with one attached hydrogen (secondary N) is 1. The first-order valence-electron chi connectivity index (χ1n) is 5.27. The van der Waals surface area contributed by atoms with Gasteiger partial charge in [0.1, 0.15) is 4.75 Å². The van der Waals surface area contributed by atoms with Crippen LogP contribution in [0.25, 0.3) is 0 Å². The highest BCUT2D eigenvalue weighted by Crippen LogP contribution is 2.30. The molecule has 0 spiro atoms. The van der Waals surface area contributed by atoms with E-state index in [1.165, 1.54) is 6.26 Å². The fraction of sp³-hybridized carbons (Fsp3) is 0.800. The minimum Gasteiger partial charge on any atom is -0.297 e. The number of hydrogen-bond donors (Lipinski definition) is 1. The van der Waals surface area contributed by atoms with E-state index in [-0.39, 0.29) is 5.54 Å². The fourth-order valence-electron chi connectivity index (χ4n) is 1.49. The van der Waals surface area contributed by atoms with Crippen molar-refractivity contribution in [1.29, 1.82) is 0 Å². The largest absolute Gasteiger partial charge is 0.297 e. The summed E-state index contributed by atoms with van der Waals surface area (Å²) in [5.74, 6) is 0.442. The molecule has 1 aromatic heterocycles. The van der Waals surface area contributed by atoms with E-state index in [1.54, 1.807) is 18.4 Å². The third kappa shape index (κ3) is 2.44. The number of aromatic amines is 1. The summed E-state index contributed by atoms with van der Waals surface area (Å²) in [7, 11) is -3.27. The molecule has 0 atom stereocenters. The van der Waals surface area contributed by atoms with Crippen molar-refractivity contribution in [2.75, 3.05) is 6.26 Å². The van der Waals surface area contributed by atoms with Crippen LogP contribution in [0.5, 0.6) is 0 Å². The molecule has 1 N–H and O–H groups in total. The number of sulfone groups is 1. The Morgan fingerprint density at radius 1 is 1.24 bits per heavy atom. The number of H-pyrrole nitrogens is 1. The lowest BCUT2D eigenvalue weighted by atomic mass is 10.1. The lowest BCUT2D eigenvalue weighted by Crippen LogP contribution is -2.36. The molecule has 0 bridgehead atoms. The number of hydrogen-bond acceptors (Lipinski definition) is 4. The second-order valence-electron chi connectivity index (χ2n) is 5.64. The first kappa shape index (κ1) is 14.4. The van der Waals surface area contributed by atoms with Crippen LogP contribution in [0.3, 0.4) is 0 Å². The van der Waals surface area contributed by atoms with E-state index in [4.69, 9.17) is 12.2 Å². The van der Waals surface area contributed by atoms with Gasteiger partial charge in [-0.25, -0.2) is 8.42 Å². The van der Waals surface area contributed by atoms with Crippen molar-refractivity contribution < 1.29 is 8.42 Å². The van der Waals surface area contributed by atoms with Crippen LogP contribution in [0.4, 0.5) is 0 Å². The van der Waals surface area contributed by atoms with Crippen LogP contribution in [0.2, 0.25) is 0 Å². The van der Waals surface area contributed by atoms with Crippen molar-refractivity contribution >= 4 is 22.1 Å². The van der Waals surface area contributed by atoms with Gasteiger partial charge in [0.15, 0.2) is 20.4 Å². The highest BCUT2D eigenvalue weighted by atomic mass is 32.2. The molecule has 98 valence electrons. The highest BCUT2D eigenvalue weighted by Gasteiger charge is 2.39. The molecule has 0 aliphatic carbocycles. The van der Waals surface area contributed by atoms with Crippen molar-refractivity contribution in [3.05, 3.63) is 10.6 Å². The van der Waals surface area contributed by atoms with Crippen LogP contribution in [-0.2, 0) is 20.1 Å². The molecule has 0 radical (unpaired) electrons. The summed E-state index contributed by atoms with van der Waals surface area (Å²) in [5.41, 5.74) is -0.318. The van der Waals surface area contributed by atoms with Crippen molar-refractivity contribution in [3.8, 4) is 0 Å². The molecule has 0 amide bonds. The molecule has 0 aliphatic rings. The van der Waals surface area contributed by atoms with Crippen molar-refractivity contribution in [1.82, 2.24) is 14.8 Å². The molecule has 5 nitrogen and oxygen atoms in total. The van der Waals surface area contributed by atoms with Gasteiger partial charge in [0.05, 0.1) is 0 Å². The zero-order valence-corrected chi connectivity index (χ0v) is 12.7. The summed E-state index contributed by atoms with van der Waals surface area (Å²) in [6.07, 6.45) is 1.21. The van der Waals surface area contributed by atoms with Crippen LogP contribution in [0.1, 0.15) is 40.4 Å². The van der Waals surface area contributed by atoms with Gasteiger partial charge < -0.3 is 0 Å². The Labute approximate surface area is 107 Å². The van der Waals surface area contributed by atoms with Crippen LogP contribution < -0.4 is 0 Å². The van der Waals surface area contributed by atoms with Gasteiger partial charge in [-0.2, -0.15) is 5.10 Å². The van der Waals surface area contributed by atoms with Crippen molar-refractivity contribution in [2.24, 2.45) is 0 Å². The summed E-state index contributed by atoms with van der Waals surface area (Å²) in [4.78, 5) is 0. The zero-order chi connectivity index (χ0) is 13.6. The summed E-state index contributed by atoms with van der Waals surface area (Å²) < 4.78 is 24.8. The molecule has 7 heteroatoms. The third-order valence-corrected chi connectivity index (χ3v) is 5.12. The SMILES string of the molecule is CC(C)(C)n1c(C(C)(C)S(C)(=O)=O)n[nH]c1=S. The Balaban J connectivity index is 3.62. The molecule has 1 heterocycles. The average molecular weight is 277 g/mol. The summed E-state index contributed by atoms with van der Waals surface area (Å²) in [5, 5.41) is 6.76. The molecule has 1 aromatic rings. The number of rotatable bonds is 2. The summed E-state index contributed by atoms with van der Waals surface area (Å²) >= 11 is 5.16. The zero-order valence-electron chi connectivity index (χ0n) is 11.0. The maximum absolute atomic E-state index is 11.8. The van der Waals surface area contributed by atoms with E-state index in [1.807, 2.05) is 20.8 Å². The average Bonchev–Trinajstić information content (AvgIpc) is 2.44. The van der Waals surface area contributed by atoms with Gasteiger partial charge in [-0.1, -0.05) is 0 Å². The van der Waals surface area contributed by atoms with Gasteiger partial charge in [0.2, 0.25) is 0 Å². The monoisotopic (exact) mass is 277 g/mol. The number of nitrogens with zero attached hydrogens (tertiary/aromatic N) is 2. The summed E-state index contributed by atoms with van der Waals surface area (Å²) in [6, 6.07) is 0. The first-order chi connectivity index (χ1) is 7.39. The molecule has 0 aliphatic heterocycles. The Kier molecular flexibility index (Phi) is 3.31. The predicted molar refractivity (Wildman–Crippen MR) is 70.3 cm³/mol. The van der Waals surface area contributed by atoms with Crippen molar-refractivity contribution in [2.45, 2.75) is 44.9 Å². The Morgan fingerprint density at radius 2 is 1.71 bits per heavy atom. The van der Waals surface area contributed by atoms with E-state index in [9.17, 15) is 8.42 Å². The standard InChI is InChI=1S/C10H19N3O2S2/c1-9(2,3)13-7(11-12-8(13)16)10(4,5)17(6,14)15/h1-6H3,(H,12,16). The van der Waals surface area contributed by atoms with E-state index in [0.717, 1.165) is 0 Å². The van der Waals surface area contributed by atoms with Gasteiger partial charge in [0, 0.05) is 11.8 Å². The molecule has 17 heavy (non-hydrogen) atoms. The smallest absolute Gasteiger partial charge is 0.195 e.